The number of aromatic carboxylic acids is 1. The molecule has 7 nitrogen and oxygen atoms in total. The molecule has 2 aromatic rings. The molecule has 0 aromatic heterocycles. The van der Waals surface area contributed by atoms with E-state index >= 15 is 0 Å². The Morgan fingerprint density at radius 2 is 1.71 bits per heavy atom. The Balaban J connectivity index is 2.34. The monoisotopic (exact) mass is 286 g/mol. The first-order valence-electron chi connectivity index (χ1n) is 5.87. The maximum atomic E-state index is 12.0. The van der Waals surface area contributed by atoms with Gasteiger partial charge >= 0.3 is 5.97 Å². The quantitative estimate of drug-likeness (QED) is 0.663. The van der Waals surface area contributed by atoms with Crippen LogP contribution in [0.25, 0.3) is 0 Å². The lowest BCUT2D eigenvalue weighted by atomic mass is 10.1. The van der Waals surface area contributed by atoms with Crippen molar-refractivity contribution in [1.82, 2.24) is 0 Å². The Morgan fingerprint density at radius 3 is 2.29 bits per heavy atom. The van der Waals surface area contributed by atoms with Crippen molar-refractivity contribution in [1.29, 1.82) is 0 Å². The van der Waals surface area contributed by atoms with Gasteiger partial charge in [-0.25, -0.2) is 4.79 Å². The van der Waals surface area contributed by atoms with Crippen molar-refractivity contribution >= 4 is 23.3 Å². The molecule has 7 heteroatoms. The summed E-state index contributed by atoms with van der Waals surface area (Å²) in [7, 11) is 0. The number of carboxylic acid groups (broad SMARTS) is 1. The van der Waals surface area contributed by atoms with Gasteiger partial charge in [0.2, 0.25) is 0 Å². The summed E-state index contributed by atoms with van der Waals surface area (Å²) in [6, 6.07) is 11.5. The topological polar surface area (TPSA) is 110 Å². The molecule has 0 saturated carbocycles. The van der Waals surface area contributed by atoms with Gasteiger partial charge in [-0.15, -0.1) is 0 Å². The highest BCUT2D eigenvalue weighted by molar-refractivity contribution is 6.05. The SMILES string of the molecule is O=C(O)c1ccc(NC(=O)c2ccccc2)c([N+](=O)[O-])c1. The van der Waals surface area contributed by atoms with E-state index in [1.54, 1.807) is 30.3 Å². The van der Waals surface area contributed by atoms with Crippen LogP contribution in [0, 0.1) is 10.1 Å². The number of hydrogen-bond acceptors (Lipinski definition) is 4. The summed E-state index contributed by atoms with van der Waals surface area (Å²) in [4.78, 5) is 33.0. The van der Waals surface area contributed by atoms with E-state index in [0.29, 0.717) is 5.56 Å². The van der Waals surface area contributed by atoms with Crippen molar-refractivity contribution in [2.75, 3.05) is 5.32 Å². The van der Waals surface area contributed by atoms with Gasteiger partial charge < -0.3 is 10.4 Å². The summed E-state index contributed by atoms with van der Waals surface area (Å²) in [6.45, 7) is 0. The van der Waals surface area contributed by atoms with Gasteiger partial charge in [0.15, 0.2) is 0 Å². The van der Waals surface area contributed by atoms with Crippen LogP contribution < -0.4 is 5.32 Å². The number of nitro groups is 1. The van der Waals surface area contributed by atoms with Gasteiger partial charge in [-0.3, -0.25) is 14.9 Å². The number of hydrogen-bond donors (Lipinski definition) is 2. The highest BCUT2D eigenvalue weighted by Gasteiger charge is 2.19. The van der Waals surface area contributed by atoms with E-state index in [-0.39, 0.29) is 11.3 Å². The molecular weight excluding hydrogens is 276 g/mol. The normalized spacial score (nSPS) is 9.90. The number of benzene rings is 2. The Hall–Kier alpha value is -3.22. The number of amides is 1. The van der Waals surface area contributed by atoms with Crippen molar-refractivity contribution in [3.63, 3.8) is 0 Å². The Kier molecular flexibility index (Phi) is 3.94. The van der Waals surface area contributed by atoms with Crippen molar-refractivity contribution in [2.24, 2.45) is 0 Å². The van der Waals surface area contributed by atoms with Crippen LogP contribution in [0.5, 0.6) is 0 Å². The number of carboxylic acids is 1. The van der Waals surface area contributed by atoms with Crippen LogP contribution >= 0.6 is 0 Å². The van der Waals surface area contributed by atoms with Crippen LogP contribution in [0.2, 0.25) is 0 Å². The molecule has 0 unspecified atom stereocenters. The average molecular weight is 286 g/mol. The van der Waals surface area contributed by atoms with Crippen LogP contribution in [0.1, 0.15) is 20.7 Å². The Bertz CT molecular complexity index is 713. The first kappa shape index (κ1) is 14.2. The predicted octanol–water partition coefficient (Wildman–Crippen LogP) is 2.55. The molecule has 0 spiro atoms. The summed E-state index contributed by atoms with van der Waals surface area (Å²) in [5, 5.41) is 22.2. The number of nitrogens with one attached hydrogen (secondary N) is 1. The molecule has 106 valence electrons. The molecule has 0 bridgehead atoms. The van der Waals surface area contributed by atoms with E-state index in [4.69, 9.17) is 5.11 Å². The lowest BCUT2D eigenvalue weighted by Crippen LogP contribution is -2.13. The molecule has 0 atom stereocenters. The minimum atomic E-state index is -1.28. The fourth-order valence-electron chi connectivity index (χ4n) is 1.71. The van der Waals surface area contributed by atoms with Gasteiger partial charge in [0.1, 0.15) is 5.69 Å². The third-order valence-corrected chi connectivity index (χ3v) is 2.73. The summed E-state index contributed by atoms with van der Waals surface area (Å²) >= 11 is 0. The second kappa shape index (κ2) is 5.83. The highest BCUT2D eigenvalue weighted by atomic mass is 16.6. The van der Waals surface area contributed by atoms with Crippen LogP contribution in [0.3, 0.4) is 0 Å². The molecule has 2 rings (SSSR count). The van der Waals surface area contributed by atoms with Gasteiger partial charge in [-0.2, -0.15) is 0 Å². The number of rotatable bonds is 4. The molecule has 0 aliphatic carbocycles. The minimum Gasteiger partial charge on any atom is -0.478 e. The van der Waals surface area contributed by atoms with Gasteiger partial charge in [-0.05, 0) is 24.3 Å². The zero-order valence-electron chi connectivity index (χ0n) is 10.6. The standard InChI is InChI=1S/C14H10N2O5/c17-13(9-4-2-1-3-5-9)15-11-7-6-10(14(18)19)8-12(11)16(20)21/h1-8H,(H,15,17)(H,18,19). The highest BCUT2D eigenvalue weighted by Crippen LogP contribution is 2.26. The summed E-state index contributed by atoms with van der Waals surface area (Å²) in [5.41, 5.74) is -0.411. The van der Waals surface area contributed by atoms with Crippen molar-refractivity contribution in [3.05, 3.63) is 69.8 Å². The van der Waals surface area contributed by atoms with E-state index in [9.17, 15) is 19.7 Å². The zero-order valence-corrected chi connectivity index (χ0v) is 10.6. The van der Waals surface area contributed by atoms with Crippen molar-refractivity contribution < 1.29 is 19.6 Å². The maximum absolute atomic E-state index is 12.0. The molecule has 0 heterocycles. The third-order valence-electron chi connectivity index (χ3n) is 2.73. The molecular formula is C14H10N2O5. The lowest BCUT2D eigenvalue weighted by molar-refractivity contribution is -0.383. The number of carbonyl (C=O) groups excluding carboxylic acids is 1. The molecule has 0 fully saturated rings. The van der Waals surface area contributed by atoms with E-state index in [1.165, 1.54) is 12.1 Å². The third kappa shape index (κ3) is 3.21. The second-order valence-corrected chi connectivity index (χ2v) is 4.11. The molecule has 1 amide bonds. The average Bonchev–Trinajstić information content (AvgIpc) is 2.48. The number of anilines is 1. The number of carbonyl (C=O) groups is 2. The molecule has 0 saturated heterocycles. The predicted molar refractivity (Wildman–Crippen MR) is 74.5 cm³/mol. The molecule has 2 N–H and O–H groups in total. The maximum Gasteiger partial charge on any atom is 0.335 e. The van der Waals surface area contributed by atoms with Crippen LogP contribution in [-0.4, -0.2) is 21.9 Å². The smallest absolute Gasteiger partial charge is 0.335 e. The minimum absolute atomic E-state index is 0.0566. The van der Waals surface area contributed by atoms with E-state index < -0.39 is 22.5 Å². The fourth-order valence-corrected chi connectivity index (χ4v) is 1.71. The molecule has 0 aliphatic rings. The lowest BCUT2D eigenvalue weighted by Gasteiger charge is -2.06. The molecule has 0 radical (unpaired) electrons. The first-order valence-corrected chi connectivity index (χ1v) is 5.87. The molecule has 2 aromatic carbocycles. The Morgan fingerprint density at radius 1 is 1.05 bits per heavy atom. The molecule has 0 aliphatic heterocycles. The Labute approximate surface area is 119 Å². The first-order chi connectivity index (χ1) is 9.99. The van der Waals surface area contributed by atoms with Gasteiger partial charge in [-0.1, -0.05) is 18.2 Å². The second-order valence-electron chi connectivity index (χ2n) is 4.11. The van der Waals surface area contributed by atoms with Crippen LogP contribution in [0.15, 0.2) is 48.5 Å². The summed E-state index contributed by atoms with van der Waals surface area (Å²) in [5.74, 6) is -1.79. The number of nitrogens with zero attached hydrogens (tertiary/aromatic N) is 1. The van der Waals surface area contributed by atoms with Gasteiger partial charge in [0, 0.05) is 11.6 Å². The van der Waals surface area contributed by atoms with Crippen molar-refractivity contribution in [2.45, 2.75) is 0 Å². The number of nitro benzene ring substituents is 1. The zero-order chi connectivity index (χ0) is 15.4. The van der Waals surface area contributed by atoms with E-state index in [2.05, 4.69) is 5.32 Å². The van der Waals surface area contributed by atoms with Crippen molar-refractivity contribution in [3.8, 4) is 0 Å². The summed E-state index contributed by atoms with van der Waals surface area (Å²) in [6.07, 6.45) is 0. The summed E-state index contributed by atoms with van der Waals surface area (Å²) < 4.78 is 0. The van der Waals surface area contributed by atoms with Crippen LogP contribution in [-0.2, 0) is 0 Å². The molecule has 21 heavy (non-hydrogen) atoms. The fraction of sp³-hybridized carbons (Fsp3) is 0. The van der Waals surface area contributed by atoms with Gasteiger partial charge in [0.05, 0.1) is 10.5 Å². The van der Waals surface area contributed by atoms with E-state index in [1.807, 2.05) is 0 Å². The van der Waals surface area contributed by atoms with Crippen LogP contribution in [0.4, 0.5) is 11.4 Å². The van der Waals surface area contributed by atoms with Gasteiger partial charge in [0.25, 0.3) is 11.6 Å². The largest absolute Gasteiger partial charge is 0.478 e. The van der Waals surface area contributed by atoms with E-state index in [0.717, 1.165) is 6.07 Å².